The fraction of sp³-hybridized carbons (Fsp3) is 0.214. The Morgan fingerprint density at radius 3 is 2.59 bits per heavy atom. The number of nitrogens with one attached hydrogen (secondary N) is 1. The standard InChI is InChI=1S/C28H25N5O4/c29-17-26-32-25(21-3-1-13-30-18-21)19-33(26)23-9-7-22(8-10-23)31-28(34)20-5-11-24(12-6-20)35-14-2-4-27-36-15-16-37-27/h1,3,5-13,18-19,27H,2,4,14-16H2,(H,31,34). The summed E-state index contributed by atoms with van der Waals surface area (Å²) in [5.74, 6) is 0.737. The van der Waals surface area contributed by atoms with E-state index in [0.717, 1.165) is 24.1 Å². The number of nitriles is 1. The second-order valence-electron chi connectivity index (χ2n) is 8.36. The zero-order chi connectivity index (χ0) is 25.5. The summed E-state index contributed by atoms with van der Waals surface area (Å²) in [7, 11) is 0. The molecule has 1 N–H and O–H groups in total. The highest BCUT2D eigenvalue weighted by Gasteiger charge is 2.15. The number of carbonyl (C=O) groups excluding carboxylic acids is 1. The fourth-order valence-electron chi connectivity index (χ4n) is 3.93. The monoisotopic (exact) mass is 495 g/mol. The topological polar surface area (TPSA) is 111 Å². The lowest BCUT2D eigenvalue weighted by Gasteiger charge is -2.10. The summed E-state index contributed by atoms with van der Waals surface area (Å²) in [4.78, 5) is 21.2. The number of imidazole rings is 1. The van der Waals surface area contributed by atoms with Crippen molar-refractivity contribution >= 4 is 11.6 Å². The van der Waals surface area contributed by atoms with Crippen molar-refractivity contribution in [3.05, 3.63) is 90.6 Å². The average molecular weight is 496 g/mol. The quantitative estimate of drug-likeness (QED) is 0.338. The molecule has 0 radical (unpaired) electrons. The van der Waals surface area contributed by atoms with Gasteiger partial charge in [0.2, 0.25) is 5.82 Å². The third kappa shape index (κ3) is 6.01. The minimum atomic E-state index is -0.228. The molecule has 1 saturated heterocycles. The Morgan fingerprint density at radius 2 is 1.89 bits per heavy atom. The van der Waals surface area contributed by atoms with Crippen molar-refractivity contribution in [1.29, 1.82) is 5.26 Å². The number of amides is 1. The van der Waals surface area contributed by atoms with Gasteiger partial charge in [-0.05, 0) is 67.1 Å². The number of rotatable bonds is 9. The second-order valence-corrected chi connectivity index (χ2v) is 8.36. The molecule has 1 amide bonds. The lowest BCUT2D eigenvalue weighted by molar-refractivity contribution is -0.0493. The van der Waals surface area contributed by atoms with Crippen LogP contribution in [0.1, 0.15) is 29.0 Å². The Kier molecular flexibility index (Phi) is 7.50. The number of nitrogens with zero attached hydrogens (tertiary/aromatic N) is 4. The molecule has 0 aliphatic carbocycles. The highest BCUT2D eigenvalue weighted by molar-refractivity contribution is 6.04. The van der Waals surface area contributed by atoms with Gasteiger partial charge >= 0.3 is 0 Å². The van der Waals surface area contributed by atoms with Crippen LogP contribution in [0.4, 0.5) is 5.69 Å². The van der Waals surface area contributed by atoms with Crippen LogP contribution in [-0.2, 0) is 9.47 Å². The summed E-state index contributed by atoms with van der Waals surface area (Å²) in [6.07, 6.45) is 6.68. The predicted molar refractivity (Wildman–Crippen MR) is 136 cm³/mol. The third-order valence-corrected chi connectivity index (χ3v) is 5.83. The van der Waals surface area contributed by atoms with Gasteiger partial charge in [-0.2, -0.15) is 5.26 Å². The number of ether oxygens (including phenoxy) is 3. The number of pyridine rings is 1. The zero-order valence-electron chi connectivity index (χ0n) is 20.0. The van der Waals surface area contributed by atoms with E-state index in [9.17, 15) is 10.1 Å². The van der Waals surface area contributed by atoms with E-state index in [2.05, 4.69) is 21.4 Å². The van der Waals surface area contributed by atoms with Crippen molar-refractivity contribution in [1.82, 2.24) is 14.5 Å². The van der Waals surface area contributed by atoms with E-state index in [1.54, 1.807) is 59.6 Å². The maximum atomic E-state index is 12.7. The first kappa shape index (κ1) is 24.2. The van der Waals surface area contributed by atoms with Crippen LogP contribution >= 0.6 is 0 Å². The van der Waals surface area contributed by atoms with E-state index in [0.29, 0.717) is 42.5 Å². The smallest absolute Gasteiger partial charge is 0.255 e. The molecule has 186 valence electrons. The first-order valence-corrected chi connectivity index (χ1v) is 12.0. The summed E-state index contributed by atoms with van der Waals surface area (Å²) in [5.41, 5.74) is 3.39. The average Bonchev–Trinajstić information content (AvgIpc) is 3.63. The summed E-state index contributed by atoms with van der Waals surface area (Å²) < 4.78 is 18.3. The van der Waals surface area contributed by atoms with E-state index in [1.165, 1.54) is 0 Å². The van der Waals surface area contributed by atoms with Crippen molar-refractivity contribution in [2.24, 2.45) is 0 Å². The van der Waals surface area contributed by atoms with Gasteiger partial charge in [0.1, 0.15) is 11.8 Å². The summed E-state index contributed by atoms with van der Waals surface area (Å²) in [6.45, 7) is 1.86. The Hall–Kier alpha value is -4.52. The molecule has 37 heavy (non-hydrogen) atoms. The number of hydrogen-bond donors (Lipinski definition) is 1. The molecular formula is C28H25N5O4. The van der Waals surface area contributed by atoms with Gasteiger partial charge < -0.3 is 19.5 Å². The maximum absolute atomic E-state index is 12.7. The molecule has 1 fully saturated rings. The Bertz CT molecular complexity index is 1370. The number of hydrogen-bond acceptors (Lipinski definition) is 7. The van der Waals surface area contributed by atoms with E-state index >= 15 is 0 Å². The third-order valence-electron chi connectivity index (χ3n) is 5.83. The highest BCUT2D eigenvalue weighted by Crippen LogP contribution is 2.22. The normalized spacial score (nSPS) is 13.3. The van der Waals surface area contributed by atoms with Gasteiger partial charge in [-0.3, -0.25) is 14.3 Å². The SMILES string of the molecule is N#Cc1nc(-c2cccnc2)cn1-c1ccc(NC(=O)c2ccc(OCCCC3OCCO3)cc2)cc1. The fourth-order valence-corrected chi connectivity index (χ4v) is 3.93. The first-order chi connectivity index (χ1) is 18.2. The van der Waals surface area contributed by atoms with E-state index in [4.69, 9.17) is 14.2 Å². The number of benzene rings is 2. The lowest BCUT2D eigenvalue weighted by Crippen LogP contribution is -2.12. The largest absolute Gasteiger partial charge is 0.494 e. The molecular weight excluding hydrogens is 470 g/mol. The van der Waals surface area contributed by atoms with Crippen LogP contribution in [0.25, 0.3) is 16.9 Å². The van der Waals surface area contributed by atoms with Gasteiger partial charge in [0.05, 0.1) is 25.5 Å². The van der Waals surface area contributed by atoms with E-state index in [-0.39, 0.29) is 18.0 Å². The van der Waals surface area contributed by atoms with Crippen molar-refractivity contribution in [2.75, 3.05) is 25.1 Å². The molecule has 2 aromatic carbocycles. The van der Waals surface area contributed by atoms with Gasteiger partial charge in [0, 0.05) is 47.5 Å². The van der Waals surface area contributed by atoms with Crippen molar-refractivity contribution in [2.45, 2.75) is 19.1 Å². The van der Waals surface area contributed by atoms with Crippen LogP contribution in [0, 0.1) is 11.3 Å². The molecule has 0 unspecified atom stereocenters. The molecule has 0 atom stereocenters. The lowest BCUT2D eigenvalue weighted by atomic mass is 10.2. The molecule has 9 nitrogen and oxygen atoms in total. The summed E-state index contributed by atoms with van der Waals surface area (Å²) >= 11 is 0. The van der Waals surface area contributed by atoms with Gasteiger partial charge in [-0.15, -0.1) is 0 Å². The minimum Gasteiger partial charge on any atom is -0.494 e. The van der Waals surface area contributed by atoms with Crippen LogP contribution in [0.2, 0.25) is 0 Å². The van der Waals surface area contributed by atoms with Crippen LogP contribution in [0.15, 0.2) is 79.3 Å². The van der Waals surface area contributed by atoms with Gasteiger partial charge in [0.25, 0.3) is 5.91 Å². The number of anilines is 1. The molecule has 1 aliphatic rings. The highest BCUT2D eigenvalue weighted by atomic mass is 16.7. The Balaban J connectivity index is 1.17. The summed E-state index contributed by atoms with van der Waals surface area (Å²) in [6, 6.07) is 20.1. The molecule has 9 heteroatoms. The van der Waals surface area contributed by atoms with Gasteiger partial charge in [0.15, 0.2) is 6.29 Å². The predicted octanol–water partition coefficient (Wildman–Crippen LogP) is 4.59. The second kappa shape index (κ2) is 11.5. The van der Waals surface area contributed by atoms with Crippen LogP contribution in [-0.4, -0.2) is 46.6 Å². The maximum Gasteiger partial charge on any atom is 0.255 e. The van der Waals surface area contributed by atoms with E-state index < -0.39 is 0 Å². The van der Waals surface area contributed by atoms with E-state index in [1.807, 2.05) is 24.3 Å². The molecule has 5 rings (SSSR count). The minimum absolute atomic E-state index is 0.124. The Labute approximate surface area is 214 Å². The van der Waals surface area contributed by atoms with Gasteiger partial charge in [-0.1, -0.05) is 0 Å². The van der Waals surface area contributed by atoms with Crippen molar-refractivity contribution < 1.29 is 19.0 Å². The molecule has 4 aromatic rings. The summed E-state index contributed by atoms with van der Waals surface area (Å²) in [5, 5.41) is 12.4. The van der Waals surface area contributed by atoms with Crippen LogP contribution in [0.3, 0.4) is 0 Å². The van der Waals surface area contributed by atoms with Crippen LogP contribution in [0.5, 0.6) is 5.75 Å². The van der Waals surface area contributed by atoms with Crippen LogP contribution < -0.4 is 10.1 Å². The number of aromatic nitrogens is 3. The molecule has 2 aromatic heterocycles. The Morgan fingerprint density at radius 1 is 1.11 bits per heavy atom. The first-order valence-electron chi connectivity index (χ1n) is 12.0. The molecule has 0 spiro atoms. The molecule has 0 saturated carbocycles. The van der Waals surface area contributed by atoms with Crippen molar-refractivity contribution in [3.63, 3.8) is 0 Å². The van der Waals surface area contributed by atoms with Crippen molar-refractivity contribution in [3.8, 4) is 28.8 Å². The van der Waals surface area contributed by atoms with Gasteiger partial charge in [-0.25, -0.2) is 4.98 Å². The zero-order valence-corrected chi connectivity index (χ0v) is 20.0. The molecule has 0 bridgehead atoms. The number of carbonyl (C=O) groups is 1. The molecule has 3 heterocycles. The molecule has 1 aliphatic heterocycles.